The van der Waals surface area contributed by atoms with E-state index in [4.69, 9.17) is 11.6 Å². The molecule has 1 fully saturated rings. The van der Waals surface area contributed by atoms with Crippen LogP contribution in [0, 0.1) is 0 Å². The van der Waals surface area contributed by atoms with Crippen molar-refractivity contribution in [1.82, 2.24) is 19.5 Å². The monoisotopic (exact) mass is 447 g/mol. The summed E-state index contributed by atoms with van der Waals surface area (Å²) in [6.07, 6.45) is 3.86. The Hall–Kier alpha value is -1.63. The molecule has 3 aromatic rings. The van der Waals surface area contributed by atoms with Gasteiger partial charge in [-0.1, -0.05) is 23.7 Å². The molecule has 7 heteroatoms. The highest BCUT2D eigenvalue weighted by Crippen LogP contribution is 2.29. The summed E-state index contributed by atoms with van der Waals surface area (Å²) in [7, 11) is 2.15. The maximum absolute atomic E-state index is 6.00. The van der Waals surface area contributed by atoms with Crippen LogP contribution < -0.4 is 4.90 Å². The molecule has 1 aliphatic rings. The summed E-state index contributed by atoms with van der Waals surface area (Å²) in [5.74, 6) is 0.985. The molecule has 0 aliphatic carbocycles. The van der Waals surface area contributed by atoms with Crippen LogP contribution >= 0.6 is 27.5 Å². The molecule has 0 N–H and O–H groups in total. The predicted molar refractivity (Wildman–Crippen MR) is 113 cm³/mol. The van der Waals surface area contributed by atoms with Crippen LogP contribution in [-0.2, 0) is 6.54 Å². The summed E-state index contributed by atoms with van der Waals surface area (Å²) < 4.78 is 2.83. The lowest BCUT2D eigenvalue weighted by Gasteiger charge is -2.41. The van der Waals surface area contributed by atoms with Crippen molar-refractivity contribution in [3.8, 4) is 0 Å². The minimum absolute atomic E-state index is 0.467. The fraction of sp³-hybridized carbons (Fsp3) is 0.400. The van der Waals surface area contributed by atoms with Crippen LogP contribution in [0.4, 0.5) is 5.82 Å². The normalized spacial score (nSPS) is 20.9. The van der Waals surface area contributed by atoms with Crippen LogP contribution in [0.1, 0.15) is 25.3 Å². The van der Waals surface area contributed by atoms with Crippen LogP contribution in [0.15, 0.2) is 47.3 Å². The number of anilines is 1. The minimum atomic E-state index is 0.467. The zero-order chi connectivity index (χ0) is 19.0. The average Bonchev–Trinajstić information content (AvgIpc) is 3.06. The van der Waals surface area contributed by atoms with Crippen LogP contribution in [-0.4, -0.2) is 45.2 Å². The number of piperidine rings is 1. The van der Waals surface area contributed by atoms with Gasteiger partial charge in [-0.3, -0.25) is 4.90 Å². The molecule has 1 aromatic carbocycles. The highest BCUT2D eigenvalue weighted by atomic mass is 79.9. The number of nitrogens with zero attached hydrogens (tertiary/aromatic N) is 5. The molecule has 0 amide bonds. The zero-order valence-electron chi connectivity index (χ0n) is 15.5. The van der Waals surface area contributed by atoms with E-state index in [9.17, 15) is 0 Å². The number of rotatable bonds is 4. The summed E-state index contributed by atoms with van der Waals surface area (Å²) in [4.78, 5) is 9.43. The third-order valence-corrected chi connectivity index (χ3v) is 6.40. The minimum Gasteiger partial charge on any atom is -0.355 e. The Labute approximate surface area is 173 Å². The third-order valence-electron chi connectivity index (χ3n) is 5.55. The molecule has 4 rings (SSSR count). The summed E-state index contributed by atoms with van der Waals surface area (Å²) in [5, 5.41) is 5.12. The number of hydrogen-bond donors (Lipinski definition) is 0. The summed E-state index contributed by atoms with van der Waals surface area (Å²) in [6.45, 7) is 4.36. The highest BCUT2D eigenvalue weighted by molar-refractivity contribution is 9.10. The zero-order valence-corrected chi connectivity index (χ0v) is 17.9. The number of likely N-dealkylation sites (tertiary alicyclic amines) is 1. The molecular formula is C20H23BrClN5. The van der Waals surface area contributed by atoms with Gasteiger partial charge in [-0.25, -0.2) is 9.50 Å². The molecule has 27 heavy (non-hydrogen) atoms. The second kappa shape index (κ2) is 7.78. The molecule has 2 unspecified atom stereocenters. The Balaban J connectivity index is 1.46. The van der Waals surface area contributed by atoms with Crippen molar-refractivity contribution in [1.29, 1.82) is 0 Å². The number of hydrogen-bond acceptors (Lipinski definition) is 4. The van der Waals surface area contributed by atoms with Gasteiger partial charge in [0.05, 0.1) is 0 Å². The smallest absolute Gasteiger partial charge is 0.156 e. The second-order valence-corrected chi connectivity index (χ2v) is 8.52. The molecule has 2 aromatic heterocycles. The third kappa shape index (κ3) is 3.84. The van der Waals surface area contributed by atoms with Gasteiger partial charge in [0, 0.05) is 37.2 Å². The van der Waals surface area contributed by atoms with Gasteiger partial charge in [0.2, 0.25) is 0 Å². The summed E-state index contributed by atoms with van der Waals surface area (Å²) in [5.41, 5.74) is 2.34. The van der Waals surface area contributed by atoms with Crippen molar-refractivity contribution in [3.63, 3.8) is 0 Å². The maximum Gasteiger partial charge on any atom is 0.156 e. The van der Waals surface area contributed by atoms with Crippen molar-refractivity contribution in [2.75, 3.05) is 18.5 Å². The second-order valence-electron chi connectivity index (χ2n) is 7.27. The van der Waals surface area contributed by atoms with Gasteiger partial charge in [-0.05, 0) is 65.5 Å². The van der Waals surface area contributed by atoms with Crippen LogP contribution in [0.2, 0.25) is 5.02 Å². The predicted octanol–water partition coefficient (Wildman–Crippen LogP) is 4.63. The molecule has 5 nitrogen and oxygen atoms in total. The first-order valence-electron chi connectivity index (χ1n) is 9.22. The molecular weight excluding hydrogens is 426 g/mol. The standard InChI is InChI=1S/C20H23BrClN5/c1-14-11-17(9-10-26(14)12-15-3-5-16(22)6-4-15)25(2)20-18-7-8-19(21)27(18)24-13-23-20/h3-8,13-14,17H,9-12H2,1-2H3. The molecule has 1 saturated heterocycles. The largest absolute Gasteiger partial charge is 0.355 e. The number of aromatic nitrogens is 3. The molecule has 0 saturated carbocycles. The average molecular weight is 449 g/mol. The number of halogens is 2. The lowest BCUT2D eigenvalue weighted by atomic mass is 9.96. The molecule has 0 bridgehead atoms. The first-order valence-corrected chi connectivity index (χ1v) is 10.4. The van der Waals surface area contributed by atoms with Gasteiger partial charge in [-0.15, -0.1) is 0 Å². The van der Waals surface area contributed by atoms with E-state index in [2.05, 4.69) is 68.0 Å². The Morgan fingerprint density at radius 2 is 2.00 bits per heavy atom. The van der Waals surface area contributed by atoms with Crippen molar-refractivity contribution in [2.24, 2.45) is 0 Å². The Bertz CT molecular complexity index is 926. The Kier molecular flexibility index (Phi) is 5.39. The summed E-state index contributed by atoms with van der Waals surface area (Å²) >= 11 is 9.54. The van der Waals surface area contributed by atoms with Gasteiger partial charge in [0.15, 0.2) is 5.82 Å². The first-order chi connectivity index (χ1) is 13.0. The highest BCUT2D eigenvalue weighted by Gasteiger charge is 2.29. The van der Waals surface area contributed by atoms with Crippen LogP contribution in [0.3, 0.4) is 0 Å². The molecule has 142 valence electrons. The Morgan fingerprint density at radius 1 is 1.22 bits per heavy atom. The lowest BCUT2D eigenvalue weighted by molar-refractivity contribution is 0.138. The van der Waals surface area contributed by atoms with Gasteiger partial charge < -0.3 is 4.90 Å². The van der Waals surface area contributed by atoms with Crippen molar-refractivity contribution in [3.05, 3.63) is 57.9 Å². The van der Waals surface area contributed by atoms with E-state index in [0.29, 0.717) is 12.1 Å². The SMILES string of the molecule is CC1CC(N(C)c2ncnn3c(Br)ccc23)CCN1Cc1ccc(Cl)cc1. The van der Waals surface area contributed by atoms with E-state index in [-0.39, 0.29) is 0 Å². The van der Waals surface area contributed by atoms with Gasteiger partial charge in [0.25, 0.3) is 0 Å². The van der Waals surface area contributed by atoms with E-state index in [1.165, 1.54) is 5.56 Å². The van der Waals surface area contributed by atoms with E-state index in [1.807, 2.05) is 22.7 Å². The first kappa shape index (κ1) is 18.7. The van der Waals surface area contributed by atoms with Crippen LogP contribution in [0.5, 0.6) is 0 Å². The number of benzene rings is 1. The van der Waals surface area contributed by atoms with Crippen molar-refractivity contribution in [2.45, 2.75) is 38.4 Å². The van der Waals surface area contributed by atoms with E-state index >= 15 is 0 Å². The quantitative estimate of drug-likeness (QED) is 0.583. The van der Waals surface area contributed by atoms with E-state index in [0.717, 1.165) is 46.9 Å². The topological polar surface area (TPSA) is 36.7 Å². The number of fused-ring (bicyclic) bond motifs is 1. The molecule has 1 aliphatic heterocycles. The lowest BCUT2D eigenvalue weighted by Crippen LogP contribution is -2.48. The maximum atomic E-state index is 6.00. The van der Waals surface area contributed by atoms with Gasteiger partial charge in [0.1, 0.15) is 16.4 Å². The Morgan fingerprint density at radius 3 is 2.74 bits per heavy atom. The molecule has 0 radical (unpaired) electrons. The summed E-state index contributed by atoms with van der Waals surface area (Å²) in [6, 6.07) is 13.2. The van der Waals surface area contributed by atoms with Crippen molar-refractivity contribution < 1.29 is 0 Å². The fourth-order valence-corrected chi connectivity index (χ4v) is 4.48. The fourth-order valence-electron chi connectivity index (χ4n) is 3.94. The molecule has 2 atom stereocenters. The van der Waals surface area contributed by atoms with Crippen LogP contribution in [0.25, 0.3) is 5.52 Å². The van der Waals surface area contributed by atoms with Gasteiger partial charge in [-0.2, -0.15) is 5.10 Å². The van der Waals surface area contributed by atoms with E-state index < -0.39 is 0 Å². The van der Waals surface area contributed by atoms with Crippen molar-refractivity contribution >= 4 is 38.9 Å². The van der Waals surface area contributed by atoms with Gasteiger partial charge >= 0.3 is 0 Å². The molecule has 3 heterocycles. The molecule has 0 spiro atoms. The van der Waals surface area contributed by atoms with E-state index in [1.54, 1.807) is 6.33 Å².